The molecule has 9 nitrogen and oxygen atoms in total. The van der Waals surface area contributed by atoms with Crippen molar-refractivity contribution < 1.29 is 4.92 Å². The summed E-state index contributed by atoms with van der Waals surface area (Å²) in [5.74, 6) is 0.424. The molecule has 0 aliphatic heterocycles. The van der Waals surface area contributed by atoms with Crippen molar-refractivity contribution in [3.63, 3.8) is 0 Å². The molecule has 2 aromatic rings. The molecule has 0 saturated carbocycles. The van der Waals surface area contributed by atoms with Gasteiger partial charge in [0, 0.05) is 6.07 Å². The standard InChI is InChI=1S/C7H6ClN7O2/c8-5-2-1-4(15(16)17)7(10-5)9-3-6-11-13-14-12-6/h1-2H,3H2,(H,9,10)(H,11,12,13,14). The number of rotatable bonds is 4. The maximum Gasteiger partial charge on any atom is 0.311 e. The maximum atomic E-state index is 10.7. The van der Waals surface area contributed by atoms with Crippen LogP contribution in [0.3, 0.4) is 0 Å². The molecule has 0 aromatic carbocycles. The number of aromatic amines is 1. The lowest BCUT2D eigenvalue weighted by atomic mass is 10.4. The van der Waals surface area contributed by atoms with E-state index in [1.165, 1.54) is 12.1 Å². The van der Waals surface area contributed by atoms with Crippen LogP contribution in [0.1, 0.15) is 5.82 Å². The monoisotopic (exact) mass is 255 g/mol. The lowest BCUT2D eigenvalue weighted by molar-refractivity contribution is -0.384. The number of anilines is 1. The van der Waals surface area contributed by atoms with Crippen molar-refractivity contribution >= 4 is 23.1 Å². The molecular weight excluding hydrogens is 250 g/mol. The van der Waals surface area contributed by atoms with E-state index in [0.29, 0.717) is 5.82 Å². The summed E-state index contributed by atoms with van der Waals surface area (Å²) >= 11 is 5.66. The normalized spacial score (nSPS) is 10.2. The summed E-state index contributed by atoms with van der Waals surface area (Å²) in [4.78, 5) is 14.0. The lowest BCUT2D eigenvalue weighted by Crippen LogP contribution is -2.06. The van der Waals surface area contributed by atoms with Crippen LogP contribution in [0.5, 0.6) is 0 Å². The van der Waals surface area contributed by atoms with Crippen LogP contribution in [0.2, 0.25) is 5.15 Å². The Labute approximate surface area is 99.4 Å². The van der Waals surface area contributed by atoms with Gasteiger partial charge >= 0.3 is 5.69 Å². The zero-order chi connectivity index (χ0) is 12.3. The molecular formula is C7H6ClN7O2. The number of nitro groups is 1. The van der Waals surface area contributed by atoms with E-state index in [2.05, 4.69) is 30.9 Å². The Bertz CT molecular complexity index is 529. The van der Waals surface area contributed by atoms with Gasteiger partial charge in [0.2, 0.25) is 5.82 Å². The minimum Gasteiger partial charge on any atom is -0.357 e. The topological polar surface area (TPSA) is 123 Å². The highest BCUT2D eigenvalue weighted by molar-refractivity contribution is 6.29. The first-order chi connectivity index (χ1) is 8.16. The van der Waals surface area contributed by atoms with Crippen molar-refractivity contribution in [1.82, 2.24) is 25.6 Å². The fraction of sp³-hybridized carbons (Fsp3) is 0.143. The van der Waals surface area contributed by atoms with Crippen molar-refractivity contribution in [2.75, 3.05) is 5.32 Å². The van der Waals surface area contributed by atoms with Gasteiger partial charge in [-0.1, -0.05) is 16.8 Å². The Morgan fingerprint density at radius 1 is 1.53 bits per heavy atom. The smallest absolute Gasteiger partial charge is 0.311 e. The number of nitrogens with zero attached hydrogens (tertiary/aromatic N) is 5. The van der Waals surface area contributed by atoms with Crippen molar-refractivity contribution in [2.45, 2.75) is 6.54 Å². The molecule has 0 fully saturated rings. The van der Waals surface area contributed by atoms with E-state index < -0.39 is 4.92 Å². The molecule has 0 unspecified atom stereocenters. The molecule has 17 heavy (non-hydrogen) atoms. The van der Waals surface area contributed by atoms with Crippen LogP contribution in [-0.2, 0) is 6.54 Å². The van der Waals surface area contributed by atoms with Gasteiger partial charge in [-0.05, 0) is 6.07 Å². The second kappa shape index (κ2) is 4.70. The first-order valence-electron chi connectivity index (χ1n) is 4.44. The third-order valence-electron chi connectivity index (χ3n) is 1.84. The zero-order valence-electron chi connectivity index (χ0n) is 8.29. The molecule has 0 aliphatic carbocycles. The highest BCUT2D eigenvalue weighted by Gasteiger charge is 2.15. The molecule has 2 aromatic heterocycles. The quantitative estimate of drug-likeness (QED) is 0.470. The van der Waals surface area contributed by atoms with Crippen molar-refractivity contribution in [3.05, 3.63) is 33.2 Å². The lowest BCUT2D eigenvalue weighted by Gasteiger charge is -2.03. The maximum absolute atomic E-state index is 10.7. The summed E-state index contributed by atoms with van der Waals surface area (Å²) in [7, 11) is 0. The van der Waals surface area contributed by atoms with E-state index in [-0.39, 0.29) is 23.2 Å². The minimum absolute atomic E-state index is 0.0623. The molecule has 0 aliphatic rings. The Morgan fingerprint density at radius 2 is 2.35 bits per heavy atom. The molecule has 2 rings (SSSR count). The second-order valence-corrected chi connectivity index (χ2v) is 3.33. The van der Waals surface area contributed by atoms with Gasteiger partial charge in [0.25, 0.3) is 0 Å². The van der Waals surface area contributed by atoms with Gasteiger partial charge in [-0.3, -0.25) is 10.1 Å². The zero-order valence-corrected chi connectivity index (χ0v) is 9.05. The molecule has 2 heterocycles. The third-order valence-corrected chi connectivity index (χ3v) is 2.05. The van der Waals surface area contributed by atoms with Crippen LogP contribution >= 0.6 is 11.6 Å². The molecule has 0 radical (unpaired) electrons. The van der Waals surface area contributed by atoms with Crippen LogP contribution in [0, 0.1) is 10.1 Å². The summed E-state index contributed by atoms with van der Waals surface area (Å²) in [6, 6.07) is 2.62. The predicted octanol–water partition coefficient (Wildman–Crippen LogP) is 0.768. The van der Waals surface area contributed by atoms with Crippen molar-refractivity contribution in [2.24, 2.45) is 0 Å². The first kappa shape index (κ1) is 11.2. The minimum atomic E-state index is -0.554. The number of halogens is 1. The van der Waals surface area contributed by atoms with Crippen molar-refractivity contribution in [3.8, 4) is 0 Å². The van der Waals surface area contributed by atoms with Crippen LogP contribution in [0.4, 0.5) is 11.5 Å². The Morgan fingerprint density at radius 3 is 3.00 bits per heavy atom. The van der Waals surface area contributed by atoms with Gasteiger partial charge in [-0.15, -0.1) is 10.2 Å². The Balaban J connectivity index is 2.19. The molecule has 0 saturated heterocycles. The summed E-state index contributed by atoms with van der Waals surface area (Å²) < 4.78 is 0. The van der Waals surface area contributed by atoms with Gasteiger partial charge in [0.05, 0.1) is 11.5 Å². The number of nitrogens with one attached hydrogen (secondary N) is 2. The number of hydrogen-bond donors (Lipinski definition) is 2. The number of aromatic nitrogens is 5. The van der Waals surface area contributed by atoms with E-state index in [4.69, 9.17) is 11.6 Å². The van der Waals surface area contributed by atoms with Gasteiger partial charge in [0.1, 0.15) is 5.15 Å². The van der Waals surface area contributed by atoms with Crippen LogP contribution in [0.25, 0.3) is 0 Å². The Kier molecular flexibility index (Phi) is 3.10. The molecule has 88 valence electrons. The first-order valence-corrected chi connectivity index (χ1v) is 4.82. The van der Waals surface area contributed by atoms with Gasteiger partial charge in [-0.25, -0.2) is 4.98 Å². The van der Waals surface area contributed by atoms with E-state index in [1.54, 1.807) is 0 Å². The number of H-pyrrole nitrogens is 1. The third kappa shape index (κ3) is 2.64. The number of tetrazole rings is 1. The number of pyridine rings is 1. The van der Waals surface area contributed by atoms with Gasteiger partial charge in [0.15, 0.2) is 5.82 Å². The van der Waals surface area contributed by atoms with E-state index in [0.717, 1.165) is 0 Å². The van der Waals surface area contributed by atoms with E-state index >= 15 is 0 Å². The average molecular weight is 256 g/mol. The molecule has 0 bridgehead atoms. The molecule has 0 amide bonds. The summed E-state index contributed by atoms with van der Waals surface area (Å²) in [5, 5.41) is 26.6. The molecule has 2 N–H and O–H groups in total. The fourth-order valence-electron chi connectivity index (χ4n) is 1.13. The summed E-state index contributed by atoms with van der Waals surface area (Å²) in [5.41, 5.74) is -0.169. The molecule has 0 spiro atoms. The summed E-state index contributed by atoms with van der Waals surface area (Å²) in [6.07, 6.45) is 0. The van der Waals surface area contributed by atoms with E-state index in [1.807, 2.05) is 0 Å². The second-order valence-electron chi connectivity index (χ2n) is 2.94. The van der Waals surface area contributed by atoms with Crippen LogP contribution < -0.4 is 5.32 Å². The Hall–Kier alpha value is -2.29. The fourth-order valence-corrected chi connectivity index (χ4v) is 1.27. The number of hydrogen-bond acceptors (Lipinski definition) is 7. The van der Waals surface area contributed by atoms with E-state index in [9.17, 15) is 10.1 Å². The molecule has 0 atom stereocenters. The molecule has 10 heteroatoms. The van der Waals surface area contributed by atoms with Crippen molar-refractivity contribution in [1.29, 1.82) is 0 Å². The largest absolute Gasteiger partial charge is 0.357 e. The van der Waals surface area contributed by atoms with Gasteiger partial charge in [-0.2, -0.15) is 5.21 Å². The van der Waals surface area contributed by atoms with Gasteiger partial charge < -0.3 is 5.32 Å². The highest BCUT2D eigenvalue weighted by Crippen LogP contribution is 2.23. The average Bonchev–Trinajstić information content (AvgIpc) is 2.78. The van der Waals surface area contributed by atoms with Crippen LogP contribution in [-0.4, -0.2) is 30.5 Å². The van der Waals surface area contributed by atoms with Crippen LogP contribution in [0.15, 0.2) is 12.1 Å². The summed E-state index contributed by atoms with van der Waals surface area (Å²) in [6.45, 7) is 0.157. The predicted molar refractivity (Wildman–Crippen MR) is 57.4 cm³/mol. The SMILES string of the molecule is O=[N+]([O-])c1ccc(Cl)nc1NCc1nn[nH]n1. The highest BCUT2D eigenvalue weighted by atomic mass is 35.5.